The largest absolute Gasteiger partial charge is 1.00 e. The molecule has 0 aliphatic rings. The fraction of sp³-hybridized carbons (Fsp3) is 0.357. The zero-order chi connectivity index (χ0) is 13.7. The van der Waals surface area contributed by atoms with Crippen LogP contribution in [0.3, 0.4) is 0 Å². The molecule has 1 aromatic carbocycles. The molecule has 1 heterocycles. The molecular formula is C14H19BrNO3P. The van der Waals surface area contributed by atoms with E-state index < -0.39 is 7.60 Å². The van der Waals surface area contributed by atoms with Crippen molar-refractivity contribution in [3.8, 4) is 0 Å². The summed E-state index contributed by atoms with van der Waals surface area (Å²) in [6, 6.07) is 10.3. The lowest BCUT2D eigenvalue weighted by atomic mass is 10.2. The first-order valence-corrected chi connectivity index (χ1v) is 7.98. The number of hydrogen-bond donors (Lipinski definition) is 0. The van der Waals surface area contributed by atoms with Gasteiger partial charge in [-0.2, -0.15) is 0 Å². The Labute approximate surface area is 130 Å². The molecule has 4 nitrogen and oxygen atoms in total. The van der Waals surface area contributed by atoms with Crippen LogP contribution in [0, 0.1) is 0 Å². The summed E-state index contributed by atoms with van der Waals surface area (Å²) in [5, 5.41) is 2.42. The normalized spacial score (nSPS) is 11.3. The monoisotopic (exact) mass is 359 g/mol. The highest BCUT2D eigenvalue weighted by Gasteiger charge is 2.20. The number of hydrogen-bond acceptors (Lipinski definition) is 3. The first kappa shape index (κ1) is 17.3. The van der Waals surface area contributed by atoms with Crippen molar-refractivity contribution in [2.24, 2.45) is 0 Å². The van der Waals surface area contributed by atoms with E-state index in [4.69, 9.17) is 9.05 Å². The minimum absolute atomic E-state index is 0. The molecule has 6 heteroatoms. The lowest BCUT2D eigenvalue weighted by Gasteiger charge is -2.11. The van der Waals surface area contributed by atoms with Crippen LogP contribution >= 0.6 is 7.60 Å². The molecule has 110 valence electrons. The number of aromatic nitrogens is 1. The van der Waals surface area contributed by atoms with E-state index in [0.717, 1.165) is 13.0 Å². The highest BCUT2D eigenvalue weighted by molar-refractivity contribution is 7.53. The van der Waals surface area contributed by atoms with Gasteiger partial charge in [-0.3, -0.25) is 4.57 Å². The van der Waals surface area contributed by atoms with Crippen LogP contribution in [-0.4, -0.2) is 20.4 Å². The Balaban J connectivity index is 0.00000200. The van der Waals surface area contributed by atoms with Crippen molar-refractivity contribution in [1.82, 2.24) is 0 Å². The Hall–Kier alpha value is -0.740. The highest BCUT2D eigenvalue weighted by Crippen LogP contribution is 2.46. The van der Waals surface area contributed by atoms with Crippen LogP contribution in [0.1, 0.15) is 6.42 Å². The van der Waals surface area contributed by atoms with E-state index in [0.29, 0.717) is 6.16 Å². The van der Waals surface area contributed by atoms with Crippen molar-refractivity contribution < 1.29 is 35.2 Å². The van der Waals surface area contributed by atoms with Gasteiger partial charge >= 0.3 is 7.60 Å². The number of rotatable bonds is 6. The van der Waals surface area contributed by atoms with E-state index in [1.165, 1.54) is 25.0 Å². The summed E-state index contributed by atoms with van der Waals surface area (Å²) in [4.78, 5) is 0. The van der Waals surface area contributed by atoms with Gasteiger partial charge in [0.25, 0.3) is 0 Å². The smallest absolute Gasteiger partial charge is 0.330 e. The quantitative estimate of drug-likeness (QED) is 0.538. The van der Waals surface area contributed by atoms with Crippen LogP contribution < -0.4 is 21.5 Å². The van der Waals surface area contributed by atoms with Crippen molar-refractivity contribution in [2.75, 3.05) is 20.4 Å². The molecule has 2 aromatic rings. The summed E-state index contributed by atoms with van der Waals surface area (Å²) in [5.41, 5.74) is 0. The molecule has 0 radical (unpaired) electrons. The van der Waals surface area contributed by atoms with Gasteiger partial charge in [-0.1, -0.05) is 18.2 Å². The molecule has 1 aromatic heterocycles. The molecule has 0 unspecified atom stereocenters. The minimum atomic E-state index is -2.88. The Morgan fingerprint density at radius 3 is 2.40 bits per heavy atom. The van der Waals surface area contributed by atoms with Crippen LogP contribution in [0.2, 0.25) is 0 Å². The molecule has 0 saturated carbocycles. The van der Waals surface area contributed by atoms with E-state index in [1.54, 1.807) is 0 Å². The first-order chi connectivity index (χ1) is 9.17. The minimum Gasteiger partial charge on any atom is -1.00 e. The van der Waals surface area contributed by atoms with Gasteiger partial charge < -0.3 is 26.0 Å². The van der Waals surface area contributed by atoms with Gasteiger partial charge in [-0.25, -0.2) is 4.57 Å². The summed E-state index contributed by atoms with van der Waals surface area (Å²) in [6.45, 7) is 0.793. The van der Waals surface area contributed by atoms with Gasteiger partial charge in [-0.05, 0) is 11.5 Å². The number of pyridine rings is 1. The topological polar surface area (TPSA) is 39.4 Å². The van der Waals surface area contributed by atoms with Gasteiger partial charge in [0.2, 0.25) is 0 Å². The third-order valence-electron chi connectivity index (χ3n) is 3.15. The van der Waals surface area contributed by atoms with Crippen LogP contribution in [-0.2, 0) is 20.2 Å². The van der Waals surface area contributed by atoms with Gasteiger partial charge in [0.1, 0.15) is 6.54 Å². The molecular weight excluding hydrogens is 341 g/mol. The van der Waals surface area contributed by atoms with Crippen molar-refractivity contribution in [1.29, 1.82) is 0 Å². The summed E-state index contributed by atoms with van der Waals surface area (Å²) < 4.78 is 23.8. The number of fused-ring (bicyclic) bond motifs is 1. The van der Waals surface area contributed by atoms with Crippen LogP contribution in [0.25, 0.3) is 10.8 Å². The van der Waals surface area contributed by atoms with E-state index in [1.807, 2.05) is 18.3 Å². The van der Waals surface area contributed by atoms with E-state index in [2.05, 4.69) is 29.0 Å². The number of aryl methyl sites for hydroxylation is 1. The van der Waals surface area contributed by atoms with Crippen molar-refractivity contribution in [3.05, 3.63) is 42.7 Å². The maximum Gasteiger partial charge on any atom is 0.330 e. The molecule has 0 bridgehead atoms. The number of benzene rings is 1. The summed E-state index contributed by atoms with van der Waals surface area (Å²) in [7, 11) is -0.0314. The van der Waals surface area contributed by atoms with Crippen LogP contribution in [0.15, 0.2) is 42.7 Å². The van der Waals surface area contributed by atoms with Gasteiger partial charge in [0, 0.05) is 32.1 Å². The summed E-state index contributed by atoms with van der Waals surface area (Å²) >= 11 is 0. The maximum atomic E-state index is 11.9. The fourth-order valence-electron chi connectivity index (χ4n) is 2.02. The molecule has 0 saturated heterocycles. The lowest BCUT2D eigenvalue weighted by Crippen LogP contribution is -3.00. The predicted molar refractivity (Wildman–Crippen MR) is 75.3 cm³/mol. The summed E-state index contributed by atoms with van der Waals surface area (Å²) in [6.07, 6.45) is 5.31. The number of halogens is 1. The second-order valence-electron chi connectivity index (χ2n) is 4.36. The molecule has 0 aliphatic heterocycles. The molecule has 0 spiro atoms. The van der Waals surface area contributed by atoms with E-state index in [-0.39, 0.29) is 17.0 Å². The SMILES string of the molecule is COP(=O)(CCC[n+]1ccc2ccccc2c1)OC.[Br-]. The second kappa shape index (κ2) is 7.89. The first-order valence-electron chi connectivity index (χ1n) is 6.25. The van der Waals surface area contributed by atoms with E-state index >= 15 is 0 Å². The van der Waals surface area contributed by atoms with Gasteiger partial charge in [-0.15, -0.1) is 0 Å². The second-order valence-corrected chi connectivity index (χ2v) is 6.76. The predicted octanol–water partition coefficient (Wildman–Crippen LogP) is 0.00730. The fourth-order valence-corrected chi connectivity index (χ4v) is 3.06. The van der Waals surface area contributed by atoms with Crippen LogP contribution in [0.4, 0.5) is 0 Å². The standard InChI is InChI=1S/C14H19NO3P.BrH/c1-17-19(16,18-2)11-5-9-15-10-8-13-6-3-4-7-14(13)12-15;/h3-4,6-8,10,12H,5,9,11H2,1-2H3;1H/q+1;/p-1. The lowest BCUT2D eigenvalue weighted by molar-refractivity contribution is -0.695. The average molecular weight is 360 g/mol. The summed E-state index contributed by atoms with van der Waals surface area (Å²) in [5.74, 6) is 0. The van der Waals surface area contributed by atoms with Crippen molar-refractivity contribution >= 4 is 18.4 Å². The molecule has 0 fully saturated rings. The molecule has 0 aliphatic carbocycles. The Bertz CT molecular complexity index is 598. The molecule has 2 rings (SSSR count). The van der Waals surface area contributed by atoms with Crippen molar-refractivity contribution in [2.45, 2.75) is 13.0 Å². The van der Waals surface area contributed by atoms with Gasteiger partial charge in [0.15, 0.2) is 12.4 Å². The third-order valence-corrected chi connectivity index (χ3v) is 5.13. The zero-order valence-electron chi connectivity index (χ0n) is 11.7. The Kier molecular flexibility index (Phi) is 6.83. The molecule has 0 amide bonds. The Morgan fingerprint density at radius 2 is 1.75 bits per heavy atom. The third kappa shape index (κ3) is 4.38. The zero-order valence-corrected chi connectivity index (χ0v) is 14.1. The highest BCUT2D eigenvalue weighted by atomic mass is 79.9. The van der Waals surface area contributed by atoms with E-state index in [9.17, 15) is 4.57 Å². The average Bonchev–Trinajstić information content (AvgIpc) is 2.47. The van der Waals surface area contributed by atoms with Crippen LogP contribution in [0.5, 0.6) is 0 Å². The van der Waals surface area contributed by atoms with Crippen molar-refractivity contribution in [3.63, 3.8) is 0 Å². The Morgan fingerprint density at radius 1 is 1.10 bits per heavy atom. The van der Waals surface area contributed by atoms with Gasteiger partial charge in [0.05, 0.1) is 6.16 Å². The number of nitrogens with zero attached hydrogens (tertiary/aromatic N) is 1. The molecule has 20 heavy (non-hydrogen) atoms. The maximum absolute atomic E-state index is 11.9. The molecule has 0 atom stereocenters. The molecule has 0 N–H and O–H groups in total.